The van der Waals surface area contributed by atoms with E-state index in [1.807, 2.05) is 74.5 Å². The van der Waals surface area contributed by atoms with Crippen LogP contribution < -0.4 is 20.1 Å². The predicted molar refractivity (Wildman–Crippen MR) is 137 cm³/mol. The smallest absolute Gasteiger partial charge is 0.262 e. The number of para-hydroxylation sites is 2. The number of carbonyl (C=O) groups excluding carboxylic acids is 1. The highest BCUT2D eigenvalue weighted by atomic mass is 79.9. The topological polar surface area (TPSA) is 88.3 Å². The van der Waals surface area contributed by atoms with Gasteiger partial charge in [-0.1, -0.05) is 45.8 Å². The Morgan fingerprint density at radius 2 is 1.79 bits per heavy atom. The van der Waals surface area contributed by atoms with Crippen LogP contribution >= 0.6 is 15.9 Å². The van der Waals surface area contributed by atoms with Gasteiger partial charge in [-0.15, -0.1) is 0 Å². The van der Waals surface area contributed by atoms with E-state index >= 15 is 0 Å². The molecule has 0 spiro atoms. The zero-order valence-corrected chi connectivity index (χ0v) is 20.7. The molecule has 0 saturated carbocycles. The lowest BCUT2D eigenvalue weighted by Gasteiger charge is -2.15. The predicted octanol–water partition coefficient (Wildman–Crippen LogP) is 5.34. The number of nitrogens with zero attached hydrogens (tertiary/aromatic N) is 1. The van der Waals surface area contributed by atoms with Crippen LogP contribution in [0.4, 0.5) is 5.69 Å². The van der Waals surface area contributed by atoms with Crippen LogP contribution in [0, 0.1) is 6.92 Å². The number of rotatable bonds is 10. The Kier molecular flexibility index (Phi) is 7.82. The standard InChI is InChI=1S/C26H27BrN4O3/c1-3-33-23-12-18(14-28-15-25-30-21-6-4-5-7-22(21)31-25)20(27)13-24(23)34-16-26(32)29-19-10-8-17(2)9-11-19/h4-13,28H,3,14-16H2,1-2H3,(H,29,32)(H,30,31). The van der Waals surface area contributed by atoms with Gasteiger partial charge in [-0.3, -0.25) is 4.79 Å². The Hall–Kier alpha value is -3.36. The van der Waals surface area contributed by atoms with Crippen molar-refractivity contribution in [3.8, 4) is 11.5 Å². The summed E-state index contributed by atoms with van der Waals surface area (Å²) in [5.41, 5.74) is 4.85. The van der Waals surface area contributed by atoms with E-state index in [1.54, 1.807) is 0 Å². The maximum atomic E-state index is 12.3. The van der Waals surface area contributed by atoms with Gasteiger partial charge in [0.2, 0.25) is 0 Å². The van der Waals surface area contributed by atoms with Gasteiger partial charge in [-0.2, -0.15) is 0 Å². The molecular formula is C26H27BrN4O3. The molecule has 0 bridgehead atoms. The highest BCUT2D eigenvalue weighted by Crippen LogP contribution is 2.34. The second kappa shape index (κ2) is 11.2. The molecule has 0 atom stereocenters. The number of ether oxygens (including phenoxy) is 2. The highest BCUT2D eigenvalue weighted by Gasteiger charge is 2.13. The number of anilines is 1. The normalized spacial score (nSPS) is 10.9. The van der Waals surface area contributed by atoms with Gasteiger partial charge in [-0.05, 0) is 55.8 Å². The summed E-state index contributed by atoms with van der Waals surface area (Å²) < 4.78 is 12.4. The van der Waals surface area contributed by atoms with E-state index in [4.69, 9.17) is 9.47 Å². The first-order chi connectivity index (χ1) is 16.5. The number of aryl methyl sites for hydroxylation is 1. The largest absolute Gasteiger partial charge is 0.490 e. The van der Waals surface area contributed by atoms with E-state index in [9.17, 15) is 4.79 Å². The molecule has 34 heavy (non-hydrogen) atoms. The molecule has 0 aliphatic carbocycles. The third kappa shape index (κ3) is 6.15. The Balaban J connectivity index is 1.37. The van der Waals surface area contributed by atoms with Crippen molar-refractivity contribution in [2.45, 2.75) is 26.9 Å². The van der Waals surface area contributed by atoms with E-state index in [0.29, 0.717) is 31.2 Å². The van der Waals surface area contributed by atoms with E-state index in [1.165, 1.54) is 0 Å². The number of aromatic nitrogens is 2. The van der Waals surface area contributed by atoms with Crippen molar-refractivity contribution in [1.82, 2.24) is 15.3 Å². The van der Waals surface area contributed by atoms with E-state index in [-0.39, 0.29) is 12.5 Å². The molecule has 1 amide bonds. The van der Waals surface area contributed by atoms with Crippen LogP contribution in [-0.2, 0) is 17.9 Å². The van der Waals surface area contributed by atoms with Gasteiger partial charge in [0, 0.05) is 16.7 Å². The van der Waals surface area contributed by atoms with Crippen LogP contribution in [0.3, 0.4) is 0 Å². The second-order valence-electron chi connectivity index (χ2n) is 7.83. The maximum Gasteiger partial charge on any atom is 0.262 e. The zero-order chi connectivity index (χ0) is 23.9. The molecule has 8 heteroatoms. The molecule has 1 aromatic heterocycles. The van der Waals surface area contributed by atoms with Gasteiger partial charge in [0.25, 0.3) is 5.91 Å². The zero-order valence-electron chi connectivity index (χ0n) is 19.2. The minimum atomic E-state index is -0.237. The number of hydrogen-bond donors (Lipinski definition) is 3. The average molecular weight is 523 g/mol. The highest BCUT2D eigenvalue weighted by molar-refractivity contribution is 9.10. The quantitative estimate of drug-likeness (QED) is 0.261. The summed E-state index contributed by atoms with van der Waals surface area (Å²) >= 11 is 3.62. The van der Waals surface area contributed by atoms with Crippen molar-refractivity contribution in [3.05, 3.63) is 82.1 Å². The molecule has 0 unspecified atom stereocenters. The number of hydrogen-bond acceptors (Lipinski definition) is 5. The number of carbonyl (C=O) groups is 1. The van der Waals surface area contributed by atoms with Crippen LogP contribution in [0.15, 0.2) is 65.1 Å². The summed E-state index contributed by atoms with van der Waals surface area (Å²) in [7, 11) is 0. The average Bonchev–Trinajstić information content (AvgIpc) is 3.24. The molecule has 0 radical (unpaired) electrons. The Morgan fingerprint density at radius 1 is 1.03 bits per heavy atom. The summed E-state index contributed by atoms with van der Waals surface area (Å²) in [6, 6.07) is 19.3. The van der Waals surface area contributed by atoms with Gasteiger partial charge >= 0.3 is 0 Å². The fourth-order valence-corrected chi connectivity index (χ4v) is 3.94. The lowest BCUT2D eigenvalue weighted by molar-refractivity contribution is -0.118. The van der Waals surface area contributed by atoms with Crippen molar-refractivity contribution in [3.63, 3.8) is 0 Å². The van der Waals surface area contributed by atoms with Crippen LogP contribution in [0.2, 0.25) is 0 Å². The first-order valence-corrected chi connectivity index (χ1v) is 11.9. The number of fused-ring (bicyclic) bond motifs is 1. The van der Waals surface area contributed by atoms with Crippen molar-refractivity contribution in [2.75, 3.05) is 18.5 Å². The van der Waals surface area contributed by atoms with E-state index in [0.717, 1.165) is 38.1 Å². The molecule has 1 heterocycles. The van der Waals surface area contributed by atoms with Gasteiger partial charge < -0.3 is 25.1 Å². The van der Waals surface area contributed by atoms with Crippen LogP contribution in [0.25, 0.3) is 11.0 Å². The second-order valence-corrected chi connectivity index (χ2v) is 8.68. The summed E-state index contributed by atoms with van der Waals surface area (Å²) in [6.07, 6.45) is 0. The van der Waals surface area contributed by atoms with Crippen LogP contribution in [-0.4, -0.2) is 29.1 Å². The number of H-pyrrole nitrogens is 1. The van der Waals surface area contributed by atoms with Crippen LogP contribution in [0.1, 0.15) is 23.9 Å². The number of benzene rings is 3. The lowest BCUT2D eigenvalue weighted by atomic mass is 10.2. The summed E-state index contributed by atoms with van der Waals surface area (Å²) in [5, 5.41) is 6.24. The van der Waals surface area contributed by atoms with Gasteiger partial charge in [0.15, 0.2) is 18.1 Å². The molecule has 4 rings (SSSR count). The number of amides is 1. The number of nitrogens with one attached hydrogen (secondary N) is 3. The minimum absolute atomic E-state index is 0.121. The Labute approximate surface area is 207 Å². The lowest BCUT2D eigenvalue weighted by Crippen LogP contribution is -2.20. The summed E-state index contributed by atoms with van der Waals surface area (Å²) in [5.74, 6) is 1.74. The Bertz CT molecular complexity index is 1240. The molecule has 0 aliphatic rings. The third-order valence-electron chi connectivity index (χ3n) is 5.15. The number of aromatic amines is 1. The molecule has 0 saturated heterocycles. The van der Waals surface area contributed by atoms with Crippen molar-refractivity contribution in [2.24, 2.45) is 0 Å². The Morgan fingerprint density at radius 3 is 2.56 bits per heavy atom. The van der Waals surface area contributed by atoms with Crippen molar-refractivity contribution in [1.29, 1.82) is 0 Å². The SMILES string of the molecule is CCOc1cc(CNCc2nc3ccccc3[nH]2)c(Br)cc1OCC(=O)Nc1ccc(C)cc1. The molecule has 0 aliphatic heterocycles. The van der Waals surface area contributed by atoms with Gasteiger partial charge in [0.1, 0.15) is 5.82 Å². The van der Waals surface area contributed by atoms with E-state index in [2.05, 4.69) is 36.5 Å². The molecule has 7 nitrogen and oxygen atoms in total. The molecule has 4 aromatic rings. The fourth-order valence-electron chi connectivity index (χ4n) is 3.48. The van der Waals surface area contributed by atoms with E-state index < -0.39 is 0 Å². The molecule has 0 fully saturated rings. The maximum absolute atomic E-state index is 12.3. The fraction of sp³-hybridized carbons (Fsp3) is 0.231. The molecular weight excluding hydrogens is 496 g/mol. The summed E-state index contributed by atoms with van der Waals surface area (Å²) in [4.78, 5) is 20.2. The van der Waals surface area contributed by atoms with Crippen LogP contribution in [0.5, 0.6) is 11.5 Å². The number of halogens is 1. The van der Waals surface area contributed by atoms with Crippen molar-refractivity contribution < 1.29 is 14.3 Å². The first kappa shape index (κ1) is 23.8. The molecule has 3 aromatic carbocycles. The third-order valence-corrected chi connectivity index (χ3v) is 5.89. The van der Waals surface area contributed by atoms with Gasteiger partial charge in [0.05, 0.1) is 24.2 Å². The molecule has 176 valence electrons. The number of imidazole rings is 1. The molecule has 3 N–H and O–H groups in total. The van der Waals surface area contributed by atoms with Gasteiger partial charge in [-0.25, -0.2) is 4.98 Å². The first-order valence-electron chi connectivity index (χ1n) is 11.1. The minimum Gasteiger partial charge on any atom is -0.490 e. The monoisotopic (exact) mass is 522 g/mol. The van der Waals surface area contributed by atoms with Crippen molar-refractivity contribution >= 4 is 38.6 Å². The summed E-state index contributed by atoms with van der Waals surface area (Å²) in [6.45, 7) is 5.48.